The second kappa shape index (κ2) is 9.36. The van der Waals surface area contributed by atoms with E-state index in [4.69, 9.17) is 21.3 Å². The number of para-hydroxylation sites is 1. The van der Waals surface area contributed by atoms with Crippen molar-refractivity contribution in [2.45, 2.75) is 43.6 Å². The normalized spacial score (nSPS) is 11.9. The van der Waals surface area contributed by atoms with Crippen molar-refractivity contribution in [3.63, 3.8) is 0 Å². The van der Waals surface area contributed by atoms with Crippen molar-refractivity contribution in [3.8, 4) is 5.75 Å². The van der Waals surface area contributed by atoms with Crippen LogP contribution in [0.3, 0.4) is 0 Å². The molecule has 2 aromatic heterocycles. The predicted molar refractivity (Wildman–Crippen MR) is 144 cm³/mol. The summed E-state index contributed by atoms with van der Waals surface area (Å²) in [6.45, 7) is 7.95. The molecule has 0 amide bonds. The molecule has 5 rings (SSSR count). The highest BCUT2D eigenvalue weighted by molar-refractivity contribution is 8.00. The second-order valence-electron chi connectivity index (χ2n) is 9.43. The van der Waals surface area contributed by atoms with Crippen molar-refractivity contribution in [2.24, 2.45) is 0 Å². The molecule has 0 radical (unpaired) electrons. The summed E-state index contributed by atoms with van der Waals surface area (Å²) in [5.74, 6) is 0.850. The van der Waals surface area contributed by atoms with Gasteiger partial charge in [0.25, 0.3) is 0 Å². The maximum absolute atomic E-state index is 6.18. The van der Waals surface area contributed by atoms with Crippen LogP contribution in [0.5, 0.6) is 5.75 Å². The first-order valence-corrected chi connectivity index (χ1v) is 12.6. The van der Waals surface area contributed by atoms with Gasteiger partial charge in [-0.1, -0.05) is 68.8 Å². The summed E-state index contributed by atoms with van der Waals surface area (Å²) in [7, 11) is 0. The quantitative estimate of drug-likeness (QED) is 0.225. The van der Waals surface area contributed by atoms with Gasteiger partial charge in [-0.25, -0.2) is 4.98 Å². The first kappa shape index (κ1) is 22.8. The zero-order valence-corrected chi connectivity index (χ0v) is 21.2. The fourth-order valence-electron chi connectivity index (χ4n) is 4.01. The van der Waals surface area contributed by atoms with Crippen molar-refractivity contribution in [1.29, 1.82) is 0 Å². The van der Waals surface area contributed by atoms with E-state index >= 15 is 0 Å². The van der Waals surface area contributed by atoms with Gasteiger partial charge in [0.15, 0.2) is 0 Å². The molecule has 34 heavy (non-hydrogen) atoms. The number of benzene rings is 3. The summed E-state index contributed by atoms with van der Waals surface area (Å²) in [6.07, 6.45) is 2.25. The average molecular weight is 487 g/mol. The molecule has 3 aromatic carbocycles. The summed E-state index contributed by atoms with van der Waals surface area (Å²) in [4.78, 5) is 5.99. The Morgan fingerprint density at radius 3 is 2.53 bits per heavy atom. The molecule has 172 valence electrons. The van der Waals surface area contributed by atoms with Gasteiger partial charge in [0.2, 0.25) is 0 Å². The molecule has 0 unspecified atom stereocenters. The van der Waals surface area contributed by atoms with Crippen LogP contribution in [0.4, 0.5) is 0 Å². The third-order valence-electron chi connectivity index (χ3n) is 5.54. The number of nitrogens with zero attached hydrogens (tertiary/aromatic N) is 2. The van der Waals surface area contributed by atoms with Gasteiger partial charge in [-0.2, -0.15) is 0 Å². The monoisotopic (exact) mass is 486 g/mol. The molecule has 3 nitrogen and oxygen atoms in total. The maximum Gasteiger partial charge on any atom is 0.130 e. The van der Waals surface area contributed by atoms with E-state index in [0.717, 1.165) is 33.9 Å². The summed E-state index contributed by atoms with van der Waals surface area (Å²) < 4.78 is 8.59. The minimum atomic E-state index is 0.102. The first-order valence-electron chi connectivity index (χ1n) is 11.4. The maximum atomic E-state index is 6.18. The fourth-order valence-corrected chi connectivity index (χ4v) is 5.25. The van der Waals surface area contributed by atoms with Crippen molar-refractivity contribution in [1.82, 2.24) is 9.55 Å². The van der Waals surface area contributed by atoms with Crippen molar-refractivity contribution >= 4 is 45.2 Å². The molecule has 0 aliphatic rings. The molecule has 0 aliphatic carbocycles. The second-order valence-corrected chi connectivity index (χ2v) is 11.7. The number of halogens is 1. The van der Waals surface area contributed by atoms with Crippen LogP contribution in [0.1, 0.15) is 32.0 Å². The molecule has 5 aromatic rings. The highest BCUT2D eigenvalue weighted by Crippen LogP contribution is 2.39. The Hall–Kier alpha value is -2.95. The van der Waals surface area contributed by atoms with Crippen LogP contribution < -0.4 is 4.74 Å². The lowest BCUT2D eigenvalue weighted by Gasteiger charge is -2.16. The van der Waals surface area contributed by atoms with Gasteiger partial charge in [-0.3, -0.25) is 0 Å². The van der Waals surface area contributed by atoms with E-state index < -0.39 is 0 Å². The van der Waals surface area contributed by atoms with Crippen LogP contribution in [-0.4, -0.2) is 14.3 Å². The SMILES string of the molecule is CC(C)(C)Sc1cn(Cc2ccc(Cl)cc2)c2ccc(OCc3ccc4ccccc4n3)cc12. The Morgan fingerprint density at radius 2 is 1.74 bits per heavy atom. The number of fused-ring (bicyclic) bond motifs is 2. The zero-order chi connectivity index (χ0) is 23.7. The van der Waals surface area contributed by atoms with Gasteiger partial charge in [0.05, 0.1) is 11.2 Å². The molecule has 0 spiro atoms. The Kier molecular flexibility index (Phi) is 6.28. The highest BCUT2D eigenvalue weighted by atomic mass is 35.5. The Labute approximate surface area is 209 Å². The van der Waals surface area contributed by atoms with Crippen LogP contribution in [-0.2, 0) is 13.2 Å². The molecule has 5 heteroatoms. The van der Waals surface area contributed by atoms with E-state index in [2.05, 4.69) is 67.9 Å². The minimum absolute atomic E-state index is 0.102. The smallest absolute Gasteiger partial charge is 0.130 e. The van der Waals surface area contributed by atoms with Gasteiger partial charge in [-0.15, -0.1) is 11.8 Å². The van der Waals surface area contributed by atoms with Crippen LogP contribution in [0, 0.1) is 0 Å². The van der Waals surface area contributed by atoms with Crippen LogP contribution in [0.25, 0.3) is 21.8 Å². The molecule has 0 bridgehead atoms. The van der Waals surface area contributed by atoms with Gasteiger partial charge in [0.1, 0.15) is 12.4 Å². The lowest BCUT2D eigenvalue weighted by atomic mass is 10.2. The molecule has 0 atom stereocenters. The van der Waals surface area contributed by atoms with Crippen LogP contribution in [0.15, 0.2) is 90.0 Å². The van der Waals surface area contributed by atoms with Gasteiger partial charge in [0, 0.05) is 43.7 Å². The Balaban J connectivity index is 1.43. The topological polar surface area (TPSA) is 27.1 Å². The lowest BCUT2D eigenvalue weighted by molar-refractivity contribution is 0.302. The predicted octanol–water partition coefficient (Wildman–Crippen LogP) is 8.36. The molecule has 0 N–H and O–H groups in total. The van der Waals surface area contributed by atoms with E-state index in [1.807, 2.05) is 54.2 Å². The number of rotatable bonds is 6. The van der Waals surface area contributed by atoms with E-state index in [9.17, 15) is 0 Å². The third kappa shape index (κ3) is 5.24. The summed E-state index contributed by atoms with van der Waals surface area (Å²) in [6, 6.07) is 26.7. The molecule has 0 saturated heterocycles. The average Bonchev–Trinajstić information content (AvgIpc) is 3.14. The number of ether oxygens (including phenoxy) is 1. The van der Waals surface area contributed by atoms with Crippen molar-refractivity contribution < 1.29 is 4.74 Å². The number of pyridine rings is 1. The first-order chi connectivity index (χ1) is 16.3. The number of aromatic nitrogens is 2. The van der Waals surface area contributed by atoms with Gasteiger partial charge < -0.3 is 9.30 Å². The summed E-state index contributed by atoms with van der Waals surface area (Å²) >= 11 is 7.96. The van der Waals surface area contributed by atoms with Crippen LogP contribution in [0.2, 0.25) is 5.02 Å². The van der Waals surface area contributed by atoms with E-state index in [1.165, 1.54) is 21.4 Å². The van der Waals surface area contributed by atoms with Crippen molar-refractivity contribution in [2.75, 3.05) is 0 Å². The van der Waals surface area contributed by atoms with Crippen molar-refractivity contribution in [3.05, 3.63) is 101 Å². The molecular formula is C29H27ClN2OS. The fraction of sp³-hybridized carbons (Fsp3) is 0.207. The Bertz CT molecular complexity index is 1450. The highest BCUT2D eigenvalue weighted by Gasteiger charge is 2.18. The molecule has 0 fully saturated rings. The summed E-state index contributed by atoms with van der Waals surface area (Å²) in [5.41, 5.74) is 4.32. The molecule has 0 aliphatic heterocycles. The van der Waals surface area contributed by atoms with E-state index in [-0.39, 0.29) is 4.75 Å². The third-order valence-corrected chi connectivity index (χ3v) is 6.95. The zero-order valence-electron chi connectivity index (χ0n) is 19.6. The summed E-state index contributed by atoms with van der Waals surface area (Å²) in [5, 5.41) is 3.10. The minimum Gasteiger partial charge on any atom is -0.487 e. The molecule has 0 saturated carbocycles. The van der Waals surface area contributed by atoms with Gasteiger partial charge >= 0.3 is 0 Å². The van der Waals surface area contributed by atoms with E-state index in [1.54, 1.807) is 0 Å². The largest absolute Gasteiger partial charge is 0.487 e. The number of thioether (sulfide) groups is 1. The Morgan fingerprint density at radius 1 is 0.941 bits per heavy atom. The number of hydrogen-bond donors (Lipinski definition) is 0. The standard InChI is InChI=1S/C29H27ClN2OS/c1-29(2,3)34-28-18-32(17-20-8-11-22(30)12-9-20)27-15-14-24(16-25(27)28)33-19-23-13-10-21-6-4-5-7-26(21)31-23/h4-16,18H,17,19H2,1-3H3. The molecular weight excluding hydrogens is 460 g/mol. The number of hydrogen-bond acceptors (Lipinski definition) is 3. The van der Waals surface area contributed by atoms with Gasteiger partial charge in [-0.05, 0) is 48.0 Å². The van der Waals surface area contributed by atoms with E-state index in [0.29, 0.717) is 6.61 Å². The molecule has 2 heterocycles. The van der Waals surface area contributed by atoms with Crippen LogP contribution >= 0.6 is 23.4 Å². The lowest BCUT2D eigenvalue weighted by Crippen LogP contribution is -2.06.